The van der Waals surface area contributed by atoms with Crippen molar-refractivity contribution in [2.24, 2.45) is 0 Å². The Morgan fingerprint density at radius 3 is 2.85 bits per heavy atom. The van der Waals surface area contributed by atoms with Crippen molar-refractivity contribution in [2.75, 3.05) is 39.0 Å². The third-order valence-corrected chi connectivity index (χ3v) is 6.26. The fraction of sp³-hybridized carbons (Fsp3) is 0.316. The largest absolute Gasteiger partial charge is 0.382 e. The molecule has 0 unspecified atom stereocenters. The standard InChI is InChI=1S/C19H21N7S/c1-25-4-6-26(7-5-25)11-14-9-16-17(27-14)18(20)23-19(22-16)12-2-3-13-10-21-24-15(13)8-12/h2-3,8-10H,4-7,11H2,1H3,(H,21,24)(H2,20,22,23). The van der Waals surface area contributed by atoms with Gasteiger partial charge in [-0.1, -0.05) is 12.1 Å². The number of aromatic nitrogens is 4. The smallest absolute Gasteiger partial charge is 0.162 e. The zero-order valence-corrected chi connectivity index (χ0v) is 16.0. The fourth-order valence-corrected chi connectivity index (χ4v) is 4.55. The SMILES string of the molecule is CN1CCN(Cc2cc3nc(-c4ccc5cn[nH]c5c4)nc(N)c3s2)CC1. The Morgan fingerprint density at radius 1 is 1.15 bits per heavy atom. The van der Waals surface area contributed by atoms with Crippen LogP contribution in [-0.2, 0) is 6.54 Å². The maximum Gasteiger partial charge on any atom is 0.162 e. The van der Waals surface area contributed by atoms with E-state index >= 15 is 0 Å². The number of thiophene rings is 1. The summed E-state index contributed by atoms with van der Waals surface area (Å²) in [7, 11) is 2.18. The lowest BCUT2D eigenvalue weighted by Crippen LogP contribution is -2.43. The molecule has 7 nitrogen and oxygen atoms in total. The number of anilines is 1. The second-order valence-electron chi connectivity index (χ2n) is 7.11. The van der Waals surface area contributed by atoms with E-state index in [1.165, 1.54) is 4.88 Å². The molecule has 0 aliphatic carbocycles. The Hall–Kier alpha value is -2.55. The number of benzene rings is 1. The van der Waals surface area contributed by atoms with E-state index in [4.69, 9.17) is 10.7 Å². The summed E-state index contributed by atoms with van der Waals surface area (Å²) in [6.07, 6.45) is 1.81. The number of nitrogens with zero attached hydrogens (tertiary/aromatic N) is 5. The number of nitrogens with two attached hydrogens (primary N) is 1. The summed E-state index contributed by atoms with van der Waals surface area (Å²) in [5, 5.41) is 8.13. The quantitative estimate of drug-likeness (QED) is 0.569. The first-order valence-electron chi connectivity index (χ1n) is 9.06. The Bertz CT molecular complexity index is 1110. The van der Waals surface area contributed by atoms with Crippen LogP contribution in [0, 0.1) is 0 Å². The summed E-state index contributed by atoms with van der Waals surface area (Å²) < 4.78 is 0.977. The molecular weight excluding hydrogens is 358 g/mol. The Morgan fingerprint density at radius 2 is 2.00 bits per heavy atom. The van der Waals surface area contributed by atoms with Gasteiger partial charge in [-0.2, -0.15) is 5.10 Å². The molecule has 1 aliphatic heterocycles. The Labute approximate surface area is 160 Å². The number of H-pyrrole nitrogens is 1. The van der Waals surface area contributed by atoms with E-state index in [2.05, 4.69) is 38.1 Å². The average Bonchev–Trinajstić information content (AvgIpc) is 3.29. The van der Waals surface area contributed by atoms with Crippen molar-refractivity contribution in [2.45, 2.75) is 6.54 Å². The van der Waals surface area contributed by atoms with Crippen molar-refractivity contribution >= 4 is 38.3 Å². The van der Waals surface area contributed by atoms with Gasteiger partial charge < -0.3 is 10.6 Å². The molecule has 1 aromatic carbocycles. The van der Waals surface area contributed by atoms with Crippen molar-refractivity contribution in [1.82, 2.24) is 30.0 Å². The maximum atomic E-state index is 6.27. The van der Waals surface area contributed by atoms with Crippen LogP contribution in [0.25, 0.3) is 32.5 Å². The molecule has 1 fully saturated rings. The Kier molecular flexibility index (Phi) is 4.04. The lowest BCUT2D eigenvalue weighted by Gasteiger charge is -2.31. The summed E-state index contributed by atoms with van der Waals surface area (Å²) >= 11 is 1.70. The highest BCUT2D eigenvalue weighted by Gasteiger charge is 2.17. The molecular formula is C19H21N7S. The zero-order valence-electron chi connectivity index (χ0n) is 15.1. The van der Waals surface area contributed by atoms with Crippen LogP contribution in [0.3, 0.4) is 0 Å². The highest BCUT2D eigenvalue weighted by Crippen LogP contribution is 2.32. The van der Waals surface area contributed by atoms with Gasteiger partial charge in [-0.15, -0.1) is 11.3 Å². The highest BCUT2D eigenvalue weighted by molar-refractivity contribution is 7.19. The van der Waals surface area contributed by atoms with Crippen molar-refractivity contribution < 1.29 is 0 Å². The molecule has 1 aliphatic rings. The van der Waals surface area contributed by atoms with Gasteiger partial charge in [-0.05, 0) is 19.2 Å². The van der Waals surface area contributed by atoms with E-state index in [0.29, 0.717) is 11.6 Å². The topological polar surface area (TPSA) is 87.0 Å². The first kappa shape index (κ1) is 16.6. The first-order chi connectivity index (χ1) is 13.2. The van der Waals surface area contributed by atoms with Gasteiger partial charge in [-0.3, -0.25) is 10.00 Å². The van der Waals surface area contributed by atoms with E-state index in [0.717, 1.165) is 59.4 Å². The number of aromatic amines is 1. The lowest BCUT2D eigenvalue weighted by molar-refractivity contribution is 0.149. The van der Waals surface area contributed by atoms with Crippen molar-refractivity contribution in [3.05, 3.63) is 35.3 Å². The molecule has 0 bridgehead atoms. The summed E-state index contributed by atoms with van der Waals surface area (Å²) in [6, 6.07) is 8.20. The van der Waals surface area contributed by atoms with Gasteiger partial charge in [-0.25, -0.2) is 9.97 Å². The minimum absolute atomic E-state index is 0.550. The lowest BCUT2D eigenvalue weighted by atomic mass is 10.1. The third kappa shape index (κ3) is 3.16. The minimum atomic E-state index is 0.550. The summed E-state index contributed by atoms with van der Waals surface area (Å²) in [5.74, 6) is 1.20. The number of rotatable bonds is 3. The third-order valence-electron chi connectivity index (χ3n) is 5.12. The van der Waals surface area contributed by atoms with Crippen LogP contribution in [-0.4, -0.2) is 63.2 Å². The first-order valence-corrected chi connectivity index (χ1v) is 9.88. The monoisotopic (exact) mass is 379 g/mol. The molecule has 3 N–H and O–H groups in total. The number of hydrogen-bond donors (Lipinski definition) is 2. The molecule has 0 atom stereocenters. The number of hydrogen-bond acceptors (Lipinski definition) is 7. The van der Waals surface area contributed by atoms with E-state index in [1.54, 1.807) is 17.5 Å². The second kappa shape index (κ2) is 6.56. The number of nitrogen functional groups attached to an aromatic ring is 1. The van der Waals surface area contributed by atoms with Gasteiger partial charge in [0.05, 0.1) is 21.9 Å². The highest BCUT2D eigenvalue weighted by atomic mass is 32.1. The minimum Gasteiger partial charge on any atom is -0.382 e. The van der Waals surface area contributed by atoms with Gasteiger partial charge in [0.1, 0.15) is 5.82 Å². The van der Waals surface area contributed by atoms with E-state index < -0.39 is 0 Å². The summed E-state index contributed by atoms with van der Waals surface area (Å²) in [4.78, 5) is 15.5. The molecule has 8 heteroatoms. The zero-order chi connectivity index (χ0) is 18.4. The van der Waals surface area contributed by atoms with E-state index in [1.807, 2.05) is 18.2 Å². The van der Waals surface area contributed by atoms with Crippen molar-refractivity contribution in [3.63, 3.8) is 0 Å². The van der Waals surface area contributed by atoms with Crippen molar-refractivity contribution in [1.29, 1.82) is 0 Å². The molecule has 0 radical (unpaired) electrons. The summed E-state index contributed by atoms with van der Waals surface area (Å²) in [5.41, 5.74) is 9.10. The van der Waals surface area contributed by atoms with E-state index in [-0.39, 0.29) is 0 Å². The molecule has 4 aromatic rings. The van der Waals surface area contributed by atoms with E-state index in [9.17, 15) is 0 Å². The van der Waals surface area contributed by atoms with Crippen LogP contribution in [0.1, 0.15) is 4.88 Å². The predicted molar refractivity (Wildman–Crippen MR) is 110 cm³/mol. The Balaban J connectivity index is 1.47. The molecule has 1 saturated heterocycles. The molecule has 3 aromatic heterocycles. The van der Waals surface area contributed by atoms with Gasteiger partial charge in [0.15, 0.2) is 5.82 Å². The molecule has 4 heterocycles. The molecule has 0 amide bonds. The maximum absolute atomic E-state index is 6.27. The van der Waals surface area contributed by atoms with Gasteiger partial charge in [0, 0.05) is 48.6 Å². The van der Waals surface area contributed by atoms with Crippen LogP contribution in [0.4, 0.5) is 5.82 Å². The molecule has 138 valence electrons. The van der Waals surface area contributed by atoms with Gasteiger partial charge >= 0.3 is 0 Å². The average molecular weight is 379 g/mol. The molecule has 27 heavy (non-hydrogen) atoms. The second-order valence-corrected chi connectivity index (χ2v) is 8.25. The van der Waals surface area contributed by atoms with Crippen molar-refractivity contribution in [3.8, 4) is 11.4 Å². The fourth-order valence-electron chi connectivity index (χ4n) is 3.51. The summed E-state index contributed by atoms with van der Waals surface area (Å²) in [6.45, 7) is 5.38. The molecule has 0 spiro atoms. The van der Waals surface area contributed by atoms with Crippen LogP contribution in [0.5, 0.6) is 0 Å². The van der Waals surface area contributed by atoms with Crippen LogP contribution < -0.4 is 5.73 Å². The van der Waals surface area contributed by atoms with Crippen LogP contribution in [0.2, 0.25) is 0 Å². The number of fused-ring (bicyclic) bond motifs is 2. The van der Waals surface area contributed by atoms with Gasteiger partial charge in [0.2, 0.25) is 0 Å². The predicted octanol–water partition coefficient (Wildman–Crippen LogP) is 2.56. The number of likely N-dealkylation sites (N-methyl/N-ethyl adjacent to an activating group) is 1. The number of nitrogens with one attached hydrogen (secondary N) is 1. The number of piperazine rings is 1. The normalized spacial score (nSPS) is 16.5. The van der Waals surface area contributed by atoms with Gasteiger partial charge in [0.25, 0.3) is 0 Å². The molecule has 0 saturated carbocycles. The van der Waals surface area contributed by atoms with Crippen LogP contribution >= 0.6 is 11.3 Å². The molecule has 5 rings (SSSR count). The van der Waals surface area contributed by atoms with Crippen LogP contribution in [0.15, 0.2) is 30.5 Å².